The fourth-order valence-corrected chi connectivity index (χ4v) is 1.81. The number of nitrogens with two attached hydrogens (primary N) is 1. The third kappa shape index (κ3) is 2.27. The molecule has 4 nitrogen and oxygen atoms in total. The molecule has 0 spiro atoms. The van der Waals surface area contributed by atoms with Crippen molar-refractivity contribution in [2.75, 3.05) is 24.7 Å². The number of rotatable bonds is 2. The lowest BCUT2D eigenvalue weighted by atomic mass is 10.2. The van der Waals surface area contributed by atoms with E-state index >= 15 is 0 Å². The zero-order valence-electron chi connectivity index (χ0n) is 9.02. The van der Waals surface area contributed by atoms with E-state index in [0.717, 1.165) is 31.1 Å². The highest BCUT2D eigenvalue weighted by molar-refractivity contribution is 5.42. The zero-order chi connectivity index (χ0) is 10.7. The molecule has 1 aromatic heterocycles. The highest BCUT2D eigenvalue weighted by Gasteiger charge is 2.19. The van der Waals surface area contributed by atoms with Gasteiger partial charge in [-0.1, -0.05) is 0 Å². The number of pyridine rings is 1. The Morgan fingerprint density at radius 1 is 1.67 bits per heavy atom. The molecule has 1 saturated heterocycles. The smallest absolute Gasteiger partial charge is 0.129 e. The molecule has 1 atom stereocenters. The summed E-state index contributed by atoms with van der Waals surface area (Å²) in [6.45, 7) is 5.17. The van der Waals surface area contributed by atoms with Gasteiger partial charge in [-0.15, -0.1) is 0 Å². The lowest BCUT2D eigenvalue weighted by Crippen LogP contribution is -2.44. The van der Waals surface area contributed by atoms with Gasteiger partial charge in [0.1, 0.15) is 5.82 Å². The van der Waals surface area contributed by atoms with Crippen molar-refractivity contribution in [3.63, 3.8) is 0 Å². The van der Waals surface area contributed by atoms with Crippen molar-refractivity contribution in [1.82, 2.24) is 4.98 Å². The first-order valence-corrected chi connectivity index (χ1v) is 5.30. The van der Waals surface area contributed by atoms with Gasteiger partial charge >= 0.3 is 0 Å². The molecule has 0 saturated carbocycles. The molecule has 2 rings (SSSR count). The number of nitrogens with zero attached hydrogens (tertiary/aromatic N) is 2. The molecule has 0 bridgehead atoms. The molecular formula is C11H17N3O. The van der Waals surface area contributed by atoms with Crippen LogP contribution in [0.3, 0.4) is 0 Å². The fraction of sp³-hybridized carbons (Fsp3) is 0.545. The maximum atomic E-state index is 5.61. The third-order valence-electron chi connectivity index (χ3n) is 2.71. The summed E-state index contributed by atoms with van der Waals surface area (Å²) < 4.78 is 5.40. The SMILES string of the molecule is CC1COCCN1c1cc(CN)ccn1. The van der Waals surface area contributed by atoms with E-state index in [1.54, 1.807) is 0 Å². The molecule has 2 heterocycles. The van der Waals surface area contributed by atoms with Gasteiger partial charge in [-0.2, -0.15) is 0 Å². The second-order valence-electron chi connectivity index (χ2n) is 3.84. The number of anilines is 1. The molecule has 0 aliphatic carbocycles. The monoisotopic (exact) mass is 207 g/mol. The number of ether oxygens (including phenoxy) is 1. The molecule has 1 aliphatic rings. The summed E-state index contributed by atoms with van der Waals surface area (Å²) in [5.74, 6) is 1.01. The predicted molar refractivity (Wildman–Crippen MR) is 59.8 cm³/mol. The summed E-state index contributed by atoms with van der Waals surface area (Å²) in [7, 11) is 0. The summed E-state index contributed by atoms with van der Waals surface area (Å²) >= 11 is 0. The van der Waals surface area contributed by atoms with Crippen molar-refractivity contribution in [2.24, 2.45) is 5.73 Å². The van der Waals surface area contributed by atoms with Crippen molar-refractivity contribution in [2.45, 2.75) is 19.5 Å². The quantitative estimate of drug-likeness (QED) is 0.778. The molecule has 1 fully saturated rings. The first-order valence-electron chi connectivity index (χ1n) is 5.30. The number of hydrogen-bond acceptors (Lipinski definition) is 4. The van der Waals surface area contributed by atoms with Gasteiger partial charge in [0, 0.05) is 19.3 Å². The Kier molecular flexibility index (Phi) is 3.18. The average Bonchev–Trinajstić information content (AvgIpc) is 2.30. The van der Waals surface area contributed by atoms with Gasteiger partial charge in [0.05, 0.1) is 19.3 Å². The largest absolute Gasteiger partial charge is 0.377 e. The molecule has 1 aliphatic heterocycles. The highest BCUT2D eigenvalue weighted by Crippen LogP contribution is 2.17. The Bertz CT molecular complexity index is 329. The van der Waals surface area contributed by atoms with E-state index in [1.807, 2.05) is 12.3 Å². The lowest BCUT2D eigenvalue weighted by Gasteiger charge is -2.34. The molecule has 82 valence electrons. The molecule has 1 aromatic rings. The highest BCUT2D eigenvalue weighted by atomic mass is 16.5. The van der Waals surface area contributed by atoms with Crippen molar-refractivity contribution < 1.29 is 4.74 Å². The minimum Gasteiger partial charge on any atom is -0.377 e. The topological polar surface area (TPSA) is 51.4 Å². The zero-order valence-corrected chi connectivity index (χ0v) is 9.02. The van der Waals surface area contributed by atoms with E-state index in [0.29, 0.717) is 12.6 Å². The van der Waals surface area contributed by atoms with Gasteiger partial charge in [-0.3, -0.25) is 0 Å². The van der Waals surface area contributed by atoms with Gasteiger partial charge in [0.25, 0.3) is 0 Å². The van der Waals surface area contributed by atoms with Crippen LogP contribution < -0.4 is 10.6 Å². The summed E-state index contributed by atoms with van der Waals surface area (Å²) in [5.41, 5.74) is 6.74. The molecule has 2 N–H and O–H groups in total. The van der Waals surface area contributed by atoms with E-state index in [9.17, 15) is 0 Å². The van der Waals surface area contributed by atoms with Crippen molar-refractivity contribution in [3.05, 3.63) is 23.9 Å². The maximum absolute atomic E-state index is 5.61. The van der Waals surface area contributed by atoms with E-state index in [2.05, 4.69) is 22.9 Å². The molecule has 0 amide bonds. The van der Waals surface area contributed by atoms with Crippen molar-refractivity contribution in [1.29, 1.82) is 0 Å². The van der Waals surface area contributed by atoms with Crippen LogP contribution in [0.1, 0.15) is 12.5 Å². The van der Waals surface area contributed by atoms with Crippen molar-refractivity contribution in [3.8, 4) is 0 Å². The van der Waals surface area contributed by atoms with Crippen LogP contribution in [0.4, 0.5) is 5.82 Å². The molecule has 1 unspecified atom stereocenters. The summed E-state index contributed by atoms with van der Waals surface area (Å²) in [4.78, 5) is 6.64. The Hall–Kier alpha value is -1.13. The van der Waals surface area contributed by atoms with E-state index in [-0.39, 0.29) is 0 Å². The van der Waals surface area contributed by atoms with Crippen LogP contribution in [-0.4, -0.2) is 30.8 Å². The predicted octanol–water partition coefficient (Wildman–Crippen LogP) is 0.765. The first-order chi connectivity index (χ1) is 7.31. The van der Waals surface area contributed by atoms with Gasteiger partial charge in [-0.25, -0.2) is 4.98 Å². The number of aromatic nitrogens is 1. The van der Waals surface area contributed by atoms with Crippen LogP contribution in [0, 0.1) is 0 Å². The van der Waals surface area contributed by atoms with E-state index in [4.69, 9.17) is 10.5 Å². The van der Waals surface area contributed by atoms with Crippen LogP contribution >= 0.6 is 0 Å². The Morgan fingerprint density at radius 3 is 3.27 bits per heavy atom. The third-order valence-corrected chi connectivity index (χ3v) is 2.71. The molecule has 15 heavy (non-hydrogen) atoms. The Morgan fingerprint density at radius 2 is 2.53 bits per heavy atom. The van der Waals surface area contributed by atoms with Crippen molar-refractivity contribution >= 4 is 5.82 Å². The van der Waals surface area contributed by atoms with E-state index in [1.165, 1.54) is 0 Å². The van der Waals surface area contributed by atoms with Crippen LogP contribution in [0.15, 0.2) is 18.3 Å². The molecule has 0 radical (unpaired) electrons. The Labute approximate surface area is 90.0 Å². The lowest BCUT2D eigenvalue weighted by molar-refractivity contribution is 0.0985. The van der Waals surface area contributed by atoms with Gasteiger partial charge in [-0.05, 0) is 24.6 Å². The first kappa shape index (κ1) is 10.4. The molecular weight excluding hydrogens is 190 g/mol. The average molecular weight is 207 g/mol. The van der Waals surface area contributed by atoms with E-state index < -0.39 is 0 Å². The fourth-order valence-electron chi connectivity index (χ4n) is 1.81. The van der Waals surface area contributed by atoms with Crippen LogP contribution in [-0.2, 0) is 11.3 Å². The number of hydrogen-bond donors (Lipinski definition) is 1. The summed E-state index contributed by atoms with van der Waals surface area (Å²) in [5, 5.41) is 0. The summed E-state index contributed by atoms with van der Waals surface area (Å²) in [6.07, 6.45) is 1.82. The minimum absolute atomic E-state index is 0.388. The van der Waals surface area contributed by atoms with Crippen LogP contribution in [0.25, 0.3) is 0 Å². The van der Waals surface area contributed by atoms with Gasteiger partial charge in [0.2, 0.25) is 0 Å². The van der Waals surface area contributed by atoms with Gasteiger partial charge in [0.15, 0.2) is 0 Å². The normalized spacial score (nSPS) is 21.7. The van der Waals surface area contributed by atoms with Gasteiger partial charge < -0.3 is 15.4 Å². The minimum atomic E-state index is 0.388. The maximum Gasteiger partial charge on any atom is 0.129 e. The van der Waals surface area contributed by atoms with Crippen LogP contribution in [0.2, 0.25) is 0 Å². The standard InChI is InChI=1S/C11H17N3O/c1-9-8-15-5-4-14(9)11-6-10(7-12)2-3-13-11/h2-3,6,9H,4-5,7-8,12H2,1H3. The number of morpholine rings is 1. The summed E-state index contributed by atoms with van der Waals surface area (Å²) in [6, 6.07) is 4.40. The second kappa shape index (κ2) is 4.59. The second-order valence-corrected chi connectivity index (χ2v) is 3.84. The molecule has 0 aromatic carbocycles. The Balaban J connectivity index is 2.19. The van der Waals surface area contributed by atoms with Crippen LogP contribution in [0.5, 0.6) is 0 Å². The molecule has 4 heteroatoms.